The van der Waals surface area contributed by atoms with Gasteiger partial charge in [-0.05, 0) is 18.6 Å². The summed E-state index contributed by atoms with van der Waals surface area (Å²) < 4.78 is 12.8. The minimum atomic E-state index is -1.51. The first-order valence-electron chi connectivity index (χ1n) is 4.87. The molecule has 0 saturated carbocycles. The number of hydrogen-bond donors (Lipinski definition) is 3. The standard InChI is InChI=1S/C11H13ClFNO3/c1-11(14,10(16)17)4-6-2-3-8(15)9(12)7(6)5-13/h2-3,15H,4-5,14H2,1H3,(H,16,17)/t11-/m0/s1. The highest BCUT2D eigenvalue weighted by atomic mass is 35.5. The molecule has 4 N–H and O–H groups in total. The van der Waals surface area contributed by atoms with Crippen LogP contribution in [0.3, 0.4) is 0 Å². The number of nitrogens with two attached hydrogens (primary N) is 1. The molecule has 17 heavy (non-hydrogen) atoms. The van der Waals surface area contributed by atoms with Gasteiger partial charge in [0.1, 0.15) is 18.0 Å². The average Bonchev–Trinajstić information content (AvgIpc) is 2.23. The van der Waals surface area contributed by atoms with Crippen LogP contribution in [-0.4, -0.2) is 21.7 Å². The van der Waals surface area contributed by atoms with Gasteiger partial charge in [-0.1, -0.05) is 17.7 Å². The number of carboxylic acids is 1. The number of phenols is 1. The second-order valence-electron chi connectivity index (χ2n) is 4.07. The number of aromatic hydroxyl groups is 1. The van der Waals surface area contributed by atoms with Gasteiger partial charge in [-0.3, -0.25) is 4.79 Å². The first kappa shape index (κ1) is 13.7. The van der Waals surface area contributed by atoms with Crippen molar-refractivity contribution in [2.45, 2.75) is 25.6 Å². The molecule has 1 rings (SSSR count). The SMILES string of the molecule is C[C@](N)(Cc1ccc(O)c(Cl)c1CF)C(=O)O. The van der Waals surface area contributed by atoms with E-state index in [1.807, 2.05) is 0 Å². The number of benzene rings is 1. The molecule has 0 saturated heterocycles. The molecule has 0 spiro atoms. The first-order valence-corrected chi connectivity index (χ1v) is 5.25. The zero-order valence-electron chi connectivity index (χ0n) is 9.20. The third-order valence-electron chi connectivity index (χ3n) is 2.50. The Kier molecular flexibility index (Phi) is 3.95. The maximum absolute atomic E-state index is 12.8. The third-order valence-corrected chi connectivity index (χ3v) is 2.92. The van der Waals surface area contributed by atoms with Gasteiger partial charge < -0.3 is 15.9 Å². The summed E-state index contributed by atoms with van der Waals surface area (Å²) in [5, 5.41) is 18.1. The van der Waals surface area contributed by atoms with Crippen molar-refractivity contribution in [3.8, 4) is 5.75 Å². The predicted octanol–water partition coefficient (Wildman–Crippen LogP) is 1.86. The fourth-order valence-corrected chi connectivity index (χ4v) is 1.67. The minimum absolute atomic E-state index is 0.0679. The molecule has 0 heterocycles. The van der Waals surface area contributed by atoms with Gasteiger partial charge in [-0.2, -0.15) is 0 Å². The predicted molar refractivity (Wildman–Crippen MR) is 61.9 cm³/mol. The maximum Gasteiger partial charge on any atom is 0.323 e. The highest BCUT2D eigenvalue weighted by Gasteiger charge is 2.29. The molecular weight excluding hydrogens is 249 g/mol. The summed E-state index contributed by atoms with van der Waals surface area (Å²) in [5.41, 5.74) is 4.52. The van der Waals surface area contributed by atoms with Gasteiger partial charge in [0.15, 0.2) is 0 Å². The zero-order chi connectivity index (χ0) is 13.2. The topological polar surface area (TPSA) is 83.5 Å². The van der Waals surface area contributed by atoms with Crippen LogP contribution < -0.4 is 5.73 Å². The molecule has 1 atom stereocenters. The summed E-state index contributed by atoms with van der Waals surface area (Å²) in [5.74, 6) is -1.43. The van der Waals surface area contributed by atoms with Crippen LogP contribution >= 0.6 is 11.6 Å². The van der Waals surface area contributed by atoms with Crippen molar-refractivity contribution < 1.29 is 19.4 Å². The Labute approximate surface area is 103 Å². The fraction of sp³-hybridized carbons (Fsp3) is 0.364. The normalized spacial score (nSPS) is 14.4. The fourth-order valence-electron chi connectivity index (χ4n) is 1.43. The molecule has 1 aromatic rings. The quantitative estimate of drug-likeness (QED) is 0.772. The molecule has 94 valence electrons. The van der Waals surface area contributed by atoms with E-state index in [0.29, 0.717) is 5.56 Å². The summed E-state index contributed by atoms with van der Waals surface area (Å²) in [6.07, 6.45) is -0.0679. The number of carbonyl (C=O) groups is 1. The molecule has 6 heteroatoms. The summed E-state index contributed by atoms with van der Waals surface area (Å²) in [7, 11) is 0. The van der Waals surface area contributed by atoms with Crippen LogP contribution in [0.4, 0.5) is 4.39 Å². The summed E-state index contributed by atoms with van der Waals surface area (Å²) in [4.78, 5) is 10.9. The van der Waals surface area contributed by atoms with Gasteiger partial charge in [0.05, 0.1) is 5.02 Å². The van der Waals surface area contributed by atoms with Crippen molar-refractivity contribution in [1.29, 1.82) is 0 Å². The van der Waals surface area contributed by atoms with Crippen LogP contribution in [-0.2, 0) is 17.9 Å². The van der Waals surface area contributed by atoms with Gasteiger partial charge >= 0.3 is 5.97 Å². The van der Waals surface area contributed by atoms with Crippen LogP contribution in [0.2, 0.25) is 5.02 Å². The number of hydrogen-bond acceptors (Lipinski definition) is 3. The molecule has 0 aliphatic carbocycles. The van der Waals surface area contributed by atoms with Crippen LogP contribution in [0.15, 0.2) is 12.1 Å². The van der Waals surface area contributed by atoms with Crippen molar-refractivity contribution >= 4 is 17.6 Å². The number of phenolic OH excluding ortho intramolecular Hbond substituents is 1. The molecule has 0 amide bonds. The van der Waals surface area contributed by atoms with Crippen LogP contribution in [0.1, 0.15) is 18.1 Å². The molecular formula is C11H13ClFNO3. The highest BCUT2D eigenvalue weighted by molar-refractivity contribution is 6.32. The maximum atomic E-state index is 12.8. The van der Waals surface area contributed by atoms with Crippen LogP contribution in [0, 0.1) is 0 Å². The average molecular weight is 262 g/mol. The molecule has 1 aromatic carbocycles. The number of halogens is 2. The van der Waals surface area contributed by atoms with E-state index >= 15 is 0 Å². The van der Waals surface area contributed by atoms with E-state index in [1.165, 1.54) is 19.1 Å². The van der Waals surface area contributed by atoms with E-state index in [9.17, 15) is 14.3 Å². The van der Waals surface area contributed by atoms with Gasteiger partial charge in [0.25, 0.3) is 0 Å². The molecule has 0 fully saturated rings. The summed E-state index contributed by atoms with van der Waals surface area (Å²) in [6, 6.07) is 2.71. The number of aliphatic carboxylic acids is 1. The van der Waals surface area contributed by atoms with E-state index in [1.54, 1.807) is 0 Å². The van der Waals surface area contributed by atoms with Crippen molar-refractivity contribution in [1.82, 2.24) is 0 Å². The molecule has 4 nitrogen and oxygen atoms in total. The van der Waals surface area contributed by atoms with Gasteiger partial charge in [0.2, 0.25) is 0 Å². The van der Waals surface area contributed by atoms with E-state index in [-0.39, 0.29) is 22.8 Å². The Morgan fingerprint density at radius 3 is 2.65 bits per heavy atom. The second-order valence-corrected chi connectivity index (χ2v) is 4.45. The van der Waals surface area contributed by atoms with E-state index in [4.69, 9.17) is 22.4 Å². The Bertz CT molecular complexity index is 449. The smallest absolute Gasteiger partial charge is 0.323 e. The Balaban J connectivity index is 3.16. The molecule has 0 aromatic heterocycles. The lowest BCUT2D eigenvalue weighted by Gasteiger charge is -2.21. The Hall–Kier alpha value is -1.33. The second kappa shape index (κ2) is 4.89. The van der Waals surface area contributed by atoms with E-state index in [2.05, 4.69) is 0 Å². The number of rotatable bonds is 4. The Morgan fingerprint density at radius 1 is 1.59 bits per heavy atom. The first-order chi connectivity index (χ1) is 7.79. The monoisotopic (exact) mass is 261 g/mol. The van der Waals surface area contributed by atoms with Crippen molar-refractivity contribution in [3.05, 3.63) is 28.3 Å². The van der Waals surface area contributed by atoms with Gasteiger partial charge in [0, 0.05) is 12.0 Å². The molecule has 0 aliphatic rings. The summed E-state index contributed by atoms with van der Waals surface area (Å²) >= 11 is 5.73. The van der Waals surface area contributed by atoms with Gasteiger partial charge in [-0.25, -0.2) is 4.39 Å². The third kappa shape index (κ3) is 2.87. The Morgan fingerprint density at radius 2 is 2.18 bits per heavy atom. The van der Waals surface area contributed by atoms with Crippen LogP contribution in [0.5, 0.6) is 5.75 Å². The zero-order valence-corrected chi connectivity index (χ0v) is 9.96. The molecule has 0 aliphatic heterocycles. The van der Waals surface area contributed by atoms with Crippen molar-refractivity contribution in [3.63, 3.8) is 0 Å². The molecule has 0 bridgehead atoms. The van der Waals surface area contributed by atoms with Crippen molar-refractivity contribution in [2.24, 2.45) is 5.73 Å². The summed E-state index contributed by atoms with van der Waals surface area (Å²) in [6.45, 7) is 0.441. The lowest BCUT2D eigenvalue weighted by Crippen LogP contribution is -2.47. The largest absolute Gasteiger partial charge is 0.506 e. The number of carboxylic acid groups (broad SMARTS) is 1. The van der Waals surface area contributed by atoms with Crippen molar-refractivity contribution in [2.75, 3.05) is 0 Å². The van der Waals surface area contributed by atoms with E-state index < -0.39 is 18.2 Å². The minimum Gasteiger partial charge on any atom is -0.506 e. The molecule has 0 unspecified atom stereocenters. The lowest BCUT2D eigenvalue weighted by atomic mass is 9.91. The van der Waals surface area contributed by atoms with Crippen LogP contribution in [0.25, 0.3) is 0 Å². The van der Waals surface area contributed by atoms with E-state index in [0.717, 1.165) is 0 Å². The lowest BCUT2D eigenvalue weighted by molar-refractivity contribution is -0.142. The molecule has 0 radical (unpaired) electrons. The van der Waals surface area contributed by atoms with Gasteiger partial charge in [-0.15, -0.1) is 0 Å². The highest BCUT2D eigenvalue weighted by Crippen LogP contribution is 2.31. The number of alkyl halides is 1.